The topological polar surface area (TPSA) is 72.7 Å². The third-order valence-corrected chi connectivity index (χ3v) is 4.01. The van der Waals surface area contributed by atoms with Crippen molar-refractivity contribution in [2.75, 3.05) is 18.1 Å². The first-order chi connectivity index (χ1) is 9.72. The first-order valence-electron chi connectivity index (χ1n) is 6.10. The van der Waals surface area contributed by atoms with Crippen molar-refractivity contribution in [2.24, 2.45) is 0 Å². The van der Waals surface area contributed by atoms with E-state index in [0.717, 1.165) is 11.5 Å². The van der Waals surface area contributed by atoms with Crippen LogP contribution in [0.25, 0.3) is 5.82 Å². The maximum atomic E-state index is 12.1. The molecule has 2 rings (SSSR count). The molecule has 0 aliphatic rings. The van der Waals surface area contributed by atoms with E-state index in [1.165, 1.54) is 12.7 Å². The fourth-order valence-corrected chi connectivity index (χ4v) is 2.45. The molecular formula is C12H14BrN5OS. The predicted molar refractivity (Wildman–Crippen MR) is 82.2 cm³/mol. The highest BCUT2D eigenvalue weighted by molar-refractivity contribution is 9.10. The van der Waals surface area contributed by atoms with Gasteiger partial charge in [0.05, 0.1) is 0 Å². The van der Waals surface area contributed by atoms with E-state index in [-0.39, 0.29) is 5.91 Å². The van der Waals surface area contributed by atoms with Crippen molar-refractivity contribution in [2.45, 2.75) is 6.92 Å². The molecule has 1 amide bonds. The molecule has 0 bridgehead atoms. The molecule has 0 unspecified atom stereocenters. The minimum absolute atomic E-state index is 0.191. The molecule has 0 fully saturated rings. The van der Waals surface area contributed by atoms with Crippen LogP contribution in [0.1, 0.15) is 17.4 Å². The summed E-state index contributed by atoms with van der Waals surface area (Å²) in [5.41, 5.74) is 0.359. The van der Waals surface area contributed by atoms with Crippen LogP contribution >= 0.6 is 27.7 Å². The average molecular weight is 356 g/mol. The number of thioether (sulfide) groups is 1. The highest BCUT2D eigenvalue weighted by atomic mass is 79.9. The van der Waals surface area contributed by atoms with E-state index in [9.17, 15) is 4.79 Å². The quantitative estimate of drug-likeness (QED) is 0.801. The largest absolute Gasteiger partial charge is 0.350 e. The maximum Gasteiger partial charge on any atom is 0.271 e. The first kappa shape index (κ1) is 15.0. The summed E-state index contributed by atoms with van der Waals surface area (Å²) in [6.45, 7) is 2.72. The second-order valence-corrected chi connectivity index (χ2v) is 6.07. The van der Waals surface area contributed by atoms with Gasteiger partial charge in [0.15, 0.2) is 0 Å². The third-order valence-electron chi connectivity index (χ3n) is 2.47. The zero-order chi connectivity index (χ0) is 14.4. The maximum absolute atomic E-state index is 12.1. The van der Waals surface area contributed by atoms with Crippen LogP contribution in [0.3, 0.4) is 0 Å². The Bertz CT molecular complexity index is 575. The fourth-order valence-electron chi connectivity index (χ4n) is 1.52. The van der Waals surface area contributed by atoms with Crippen molar-refractivity contribution < 1.29 is 4.79 Å². The summed E-state index contributed by atoms with van der Waals surface area (Å²) in [6.07, 6.45) is 3.08. The highest BCUT2D eigenvalue weighted by Gasteiger charge is 2.13. The molecule has 0 spiro atoms. The molecule has 0 aliphatic heterocycles. The van der Waals surface area contributed by atoms with Crippen molar-refractivity contribution in [1.82, 2.24) is 25.1 Å². The van der Waals surface area contributed by atoms with Crippen LogP contribution in [0.15, 0.2) is 29.3 Å². The normalized spacial score (nSPS) is 10.5. The number of nitrogens with zero attached hydrogens (tertiary/aromatic N) is 4. The summed E-state index contributed by atoms with van der Waals surface area (Å²) in [6, 6.07) is 3.58. The second kappa shape index (κ2) is 7.39. The Morgan fingerprint density at radius 1 is 1.40 bits per heavy atom. The number of aromatic nitrogens is 4. The van der Waals surface area contributed by atoms with E-state index in [4.69, 9.17) is 0 Å². The van der Waals surface area contributed by atoms with Gasteiger partial charge in [0.25, 0.3) is 5.91 Å². The average Bonchev–Trinajstić information content (AvgIpc) is 2.98. The molecule has 0 saturated carbocycles. The van der Waals surface area contributed by atoms with Crippen LogP contribution in [-0.2, 0) is 0 Å². The lowest BCUT2D eigenvalue weighted by molar-refractivity contribution is 0.0950. The zero-order valence-electron chi connectivity index (χ0n) is 10.9. The molecule has 8 heteroatoms. The Morgan fingerprint density at radius 2 is 2.15 bits per heavy atom. The summed E-state index contributed by atoms with van der Waals surface area (Å²) < 4.78 is 2.31. The Morgan fingerprint density at radius 3 is 2.85 bits per heavy atom. The molecule has 1 N–H and O–H groups in total. The number of hydrogen-bond donors (Lipinski definition) is 1. The molecule has 0 radical (unpaired) electrons. The van der Waals surface area contributed by atoms with E-state index >= 15 is 0 Å². The van der Waals surface area contributed by atoms with Crippen molar-refractivity contribution in [3.8, 4) is 5.82 Å². The number of carbonyl (C=O) groups excluding carboxylic acids is 1. The van der Waals surface area contributed by atoms with Crippen LogP contribution in [0.4, 0.5) is 0 Å². The second-order valence-electron chi connectivity index (χ2n) is 3.82. The lowest BCUT2D eigenvalue weighted by Crippen LogP contribution is -2.27. The highest BCUT2D eigenvalue weighted by Crippen LogP contribution is 2.16. The van der Waals surface area contributed by atoms with Gasteiger partial charge in [-0.2, -0.15) is 11.8 Å². The van der Waals surface area contributed by atoms with E-state index in [0.29, 0.717) is 22.5 Å². The van der Waals surface area contributed by atoms with Crippen LogP contribution in [0, 0.1) is 0 Å². The van der Waals surface area contributed by atoms with E-state index < -0.39 is 0 Å². The molecule has 0 aromatic carbocycles. The predicted octanol–water partition coefficient (Wildman–Crippen LogP) is 1.91. The molecule has 0 atom stereocenters. The molecule has 106 valence electrons. The third kappa shape index (κ3) is 3.80. The Balaban J connectivity index is 2.10. The van der Waals surface area contributed by atoms with Gasteiger partial charge in [-0.25, -0.2) is 4.98 Å². The number of amides is 1. The minimum atomic E-state index is -0.191. The van der Waals surface area contributed by atoms with Crippen molar-refractivity contribution in [3.05, 3.63) is 35.0 Å². The van der Waals surface area contributed by atoms with E-state index in [2.05, 4.69) is 43.4 Å². The molecule has 2 aromatic heterocycles. The zero-order valence-corrected chi connectivity index (χ0v) is 13.3. The smallest absolute Gasteiger partial charge is 0.271 e. The summed E-state index contributed by atoms with van der Waals surface area (Å²) in [5.74, 6) is 2.35. The van der Waals surface area contributed by atoms with Crippen molar-refractivity contribution >= 4 is 33.6 Å². The van der Waals surface area contributed by atoms with E-state index in [1.54, 1.807) is 28.5 Å². The fraction of sp³-hybridized carbons (Fsp3) is 0.333. The number of hydrogen-bond acceptors (Lipinski definition) is 5. The summed E-state index contributed by atoms with van der Waals surface area (Å²) in [7, 11) is 0. The lowest BCUT2D eigenvalue weighted by Gasteiger charge is -2.08. The number of rotatable bonds is 6. The van der Waals surface area contributed by atoms with Gasteiger partial charge in [0.2, 0.25) is 0 Å². The number of halogens is 1. The van der Waals surface area contributed by atoms with Gasteiger partial charge in [-0.1, -0.05) is 6.92 Å². The Kier molecular flexibility index (Phi) is 5.54. The number of pyridine rings is 1. The van der Waals surface area contributed by atoms with Crippen LogP contribution < -0.4 is 5.32 Å². The van der Waals surface area contributed by atoms with Crippen molar-refractivity contribution in [3.63, 3.8) is 0 Å². The molecule has 20 heavy (non-hydrogen) atoms. The molecule has 2 heterocycles. The molecular weight excluding hydrogens is 342 g/mol. The Labute approximate surface area is 129 Å². The standard InChI is InChI=1S/C12H14BrN5OS/c1-2-20-6-5-14-12(19)11-9(13)3-4-10(17-11)18-7-15-16-8-18/h3-4,7-8H,2,5-6H2,1H3,(H,14,19). The summed E-state index contributed by atoms with van der Waals surface area (Å²) in [5, 5.41) is 10.3. The van der Waals surface area contributed by atoms with Gasteiger partial charge < -0.3 is 5.32 Å². The SMILES string of the molecule is CCSCCNC(=O)c1nc(-n2cnnc2)ccc1Br. The van der Waals surface area contributed by atoms with Gasteiger partial charge in [-0.15, -0.1) is 10.2 Å². The summed E-state index contributed by atoms with van der Waals surface area (Å²) in [4.78, 5) is 16.4. The summed E-state index contributed by atoms with van der Waals surface area (Å²) >= 11 is 5.13. The number of nitrogens with one attached hydrogen (secondary N) is 1. The molecule has 2 aromatic rings. The van der Waals surface area contributed by atoms with Crippen molar-refractivity contribution in [1.29, 1.82) is 0 Å². The van der Waals surface area contributed by atoms with Crippen LogP contribution in [0.5, 0.6) is 0 Å². The van der Waals surface area contributed by atoms with Gasteiger partial charge in [-0.05, 0) is 33.8 Å². The minimum Gasteiger partial charge on any atom is -0.350 e. The van der Waals surface area contributed by atoms with Gasteiger partial charge in [0.1, 0.15) is 24.2 Å². The van der Waals surface area contributed by atoms with E-state index in [1.807, 2.05) is 0 Å². The molecule has 6 nitrogen and oxygen atoms in total. The Hall–Kier alpha value is -1.41. The molecule has 0 aliphatic carbocycles. The van der Waals surface area contributed by atoms with Crippen LogP contribution in [0.2, 0.25) is 0 Å². The monoisotopic (exact) mass is 355 g/mol. The lowest BCUT2D eigenvalue weighted by atomic mass is 10.3. The van der Waals surface area contributed by atoms with Gasteiger partial charge in [0, 0.05) is 16.8 Å². The van der Waals surface area contributed by atoms with Gasteiger partial charge >= 0.3 is 0 Å². The number of carbonyl (C=O) groups is 1. The van der Waals surface area contributed by atoms with Gasteiger partial charge in [-0.3, -0.25) is 9.36 Å². The van der Waals surface area contributed by atoms with Crippen LogP contribution in [-0.4, -0.2) is 43.7 Å². The molecule has 0 saturated heterocycles. The first-order valence-corrected chi connectivity index (χ1v) is 8.04.